The molecule has 1 aliphatic rings. The SMILES string of the molecule is Cc1ccc(Oc2ccc(OCC(=O)N3CCN(c4ccccc4)CC3)cc2)cc1. The van der Waals surface area contributed by atoms with E-state index in [0.717, 1.165) is 24.6 Å². The largest absolute Gasteiger partial charge is 0.484 e. The first-order chi connectivity index (χ1) is 14.7. The Morgan fingerprint density at radius 3 is 1.97 bits per heavy atom. The summed E-state index contributed by atoms with van der Waals surface area (Å²) >= 11 is 0. The zero-order valence-corrected chi connectivity index (χ0v) is 17.2. The summed E-state index contributed by atoms with van der Waals surface area (Å²) in [5.74, 6) is 2.19. The molecule has 5 nitrogen and oxygen atoms in total. The fraction of sp³-hybridized carbons (Fsp3) is 0.240. The van der Waals surface area contributed by atoms with Crippen molar-refractivity contribution in [2.45, 2.75) is 6.92 Å². The Morgan fingerprint density at radius 2 is 1.33 bits per heavy atom. The van der Waals surface area contributed by atoms with Crippen LogP contribution in [0.1, 0.15) is 5.56 Å². The van der Waals surface area contributed by atoms with Crippen LogP contribution >= 0.6 is 0 Å². The smallest absolute Gasteiger partial charge is 0.260 e. The van der Waals surface area contributed by atoms with Gasteiger partial charge in [-0.15, -0.1) is 0 Å². The number of rotatable bonds is 6. The minimum Gasteiger partial charge on any atom is -0.484 e. The summed E-state index contributed by atoms with van der Waals surface area (Å²) in [7, 11) is 0. The highest BCUT2D eigenvalue weighted by Gasteiger charge is 2.21. The molecule has 0 N–H and O–H groups in total. The molecule has 1 aliphatic heterocycles. The number of benzene rings is 3. The van der Waals surface area contributed by atoms with E-state index in [1.165, 1.54) is 11.3 Å². The molecule has 0 bridgehead atoms. The van der Waals surface area contributed by atoms with Crippen LogP contribution in [0.15, 0.2) is 78.9 Å². The highest BCUT2D eigenvalue weighted by molar-refractivity contribution is 5.78. The van der Waals surface area contributed by atoms with E-state index in [0.29, 0.717) is 18.8 Å². The maximum Gasteiger partial charge on any atom is 0.260 e. The average molecular weight is 402 g/mol. The number of para-hydroxylation sites is 1. The second-order valence-electron chi connectivity index (χ2n) is 7.38. The van der Waals surface area contributed by atoms with Crippen molar-refractivity contribution >= 4 is 11.6 Å². The predicted molar refractivity (Wildman–Crippen MR) is 118 cm³/mol. The molecule has 1 heterocycles. The lowest BCUT2D eigenvalue weighted by molar-refractivity contribution is -0.133. The van der Waals surface area contributed by atoms with Crippen LogP contribution in [0.2, 0.25) is 0 Å². The van der Waals surface area contributed by atoms with Gasteiger partial charge in [0, 0.05) is 31.9 Å². The monoisotopic (exact) mass is 402 g/mol. The highest BCUT2D eigenvalue weighted by atomic mass is 16.5. The third kappa shape index (κ3) is 5.11. The molecule has 1 fully saturated rings. The van der Waals surface area contributed by atoms with Gasteiger partial charge in [0.25, 0.3) is 5.91 Å². The number of carbonyl (C=O) groups is 1. The average Bonchev–Trinajstić information content (AvgIpc) is 2.80. The molecule has 5 heteroatoms. The van der Waals surface area contributed by atoms with Crippen LogP contribution in [-0.4, -0.2) is 43.6 Å². The maximum absolute atomic E-state index is 12.5. The lowest BCUT2D eigenvalue weighted by atomic mass is 10.2. The van der Waals surface area contributed by atoms with Crippen LogP contribution < -0.4 is 14.4 Å². The summed E-state index contributed by atoms with van der Waals surface area (Å²) in [6.07, 6.45) is 0. The maximum atomic E-state index is 12.5. The molecule has 1 amide bonds. The Kier molecular flexibility index (Phi) is 6.18. The first-order valence-corrected chi connectivity index (χ1v) is 10.2. The Labute approximate surface area is 177 Å². The quantitative estimate of drug-likeness (QED) is 0.608. The van der Waals surface area contributed by atoms with Crippen molar-refractivity contribution < 1.29 is 14.3 Å². The van der Waals surface area contributed by atoms with E-state index < -0.39 is 0 Å². The first-order valence-electron chi connectivity index (χ1n) is 10.2. The van der Waals surface area contributed by atoms with Crippen LogP contribution in [0, 0.1) is 6.92 Å². The van der Waals surface area contributed by atoms with Crippen molar-refractivity contribution in [1.29, 1.82) is 0 Å². The highest BCUT2D eigenvalue weighted by Crippen LogP contribution is 2.24. The molecule has 154 valence electrons. The molecule has 0 radical (unpaired) electrons. The molecule has 0 aliphatic carbocycles. The van der Waals surface area contributed by atoms with Gasteiger partial charge in [0.1, 0.15) is 17.2 Å². The van der Waals surface area contributed by atoms with Gasteiger partial charge in [0.15, 0.2) is 6.61 Å². The van der Waals surface area contributed by atoms with Crippen LogP contribution in [0.3, 0.4) is 0 Å². The van der Waals surface area contributed by atoms with Crippen molar-refractivity contribution in [3.05, 3.63) is 84.4 Å². The topological polar surface area (TPSA) is 42.0 Å². The van der Waals surface area contributed by atoms with Crippen LogP contribution in [0.5, 0.6) is 17.2 Å². The summed E-state index contributed by atoms with van der Waals surface area (Å²) in [4.78, 5) is 16.7. The van der Waals surface area contributed by atoms with E-state index in [4.69, 9.17) is 9.47 Å². The van der Waals surface area contributed by atoms with Gasteiger partial charge in [-0.3, -0.25) is 4.79 Å². The summed E-state index contributed by atoms with van der Waals surface area (Å²) in [5.41, 5.74) is 2.39. The van der Waals surface area contributed by atoms with Crippen LogP contribution in [0.4, 0.5) is 5.69 Å². The molecule has 3 aromatic carbocycles. The van der Waals surface area contributed by atoms with Crippen molar-refractivity contribution in [1.82, 2.24) is 4.90 Å². The van der Waals surface area contributed by atoms with Gasteiger partial charge >= 0.3 is 0 Å². The van der Waals surface area contributed by atoms with E-state index in [9.17, 15) is 4.79 Å². The molecule has 0 atom stereocenters. The van der Waals surface area contributed by atoms with Crippen molar-refractivity contribution in [2.24, 2.45) is 0 Å². The Bertz CT molecular complexity index is 948. The summed E-state index contributed by atoms with van der Waals surface area (Å²) in [6.45, 7) is 5.17. The lowest BCUT2D eigenvalue weighted by Gasteiger charge is -2.36. The first kappa shape index (κ1) is 19.8. The third-order valence-corrected chi connectivity index (χ3v) is 5.20. The van der Waals surface area contributed by atoms with Gasteiger partial charge in [0.05, 0.1) is 0 Å². The lowest BCUT2D eigenvalue weighted by Crippen LogP contribution is -2.50. The Balaban J connectivity index is 1.23. The fourth-order valence-corrected chi connectivity index (χ4v) is 3.44. The number of piperazine rings is 1. The number of aryl methyl sites for hydroxylation is 1. The molecular weight excluding hydrogens is 376 g/mol. The number of hydrogen-bond acceptors (Lipinski definition) is 4. The Morgan fingerprint density at radius 1 is 0.767 bits per heavy atom. The van der Waals surface area contributed by atoms with E-state index in [2.05, 4.69) is 17.0 Å². The van der Waals surface area contributed by atoms with Gasteiger partial charge in [-0.05, 0) is 55.5 Å². The predicted octanol–water partition coefficient (Wildman–Crippen LogP) is 4.51. The van der Waals surface area contributed by atoms with Gasteiger partial charge in [-0.2, -0.15) is 0 Å². The number of nitrogens with zero attached hydrogens (tertiary/aromatic N) is 2. The minimum absolute atomic E-state index is 0.0164. The molecule has 0 unspecified atom stereocenters. The number of anilines is 1. The van der Waals surface area contributed by atoms with E-state index in [1.807, 2.05) is 78.6 Å². The number of amides is 1. The normalized spacial score (nSPS) is 13.8. The molecule has 0 aromatic heterocycles. The van der Waals surface area contributed by atoms with Gasteiger partial charge in [-0.25, -0.2) is 0 Å². The molecular formula is C25H26N2O3. The van der Waals surface area contributed by atoms with Crippen molar-refractivity contribution in [3.63, 3.8) is 0 Å². The van der Waals surface area contributed by atoms with Gasteiger partial charge < -0.3 is 19.3 Å². The zero-order valence-electron chi connectivity index (χ0n) is 17.2. The fourth-order valence-electron chi connectivity index (χ4n) is 3.44. The minimum atomic E-state index is 0.0164. The third-order valence-electron chi connectivity index (χ3n) is 5.20. The zero-order chi connectivity index (χ0) is 20.8. The second-order valence-corrected chi connectivity index (χ2v) is 7.38. The number of carbonyl (C=O) groups excluding carboxylic acids is 1. The Hall–Kier alpha value is -3.47. The van der Waals surface area contributed by atoms with Crippen molar-refractivity contribution in [3.8, 4) is 17.2 Å². The van der Waals surface area contributed by atoms with Gasteiger partial charge in [0.2, 0.25) is 0 Å². The summed E-state index contributed by atoms with van der Waals surface area (Å²) in [6, 6.07) is 25.5. The molecule has 3 aromatic rings. The second kappa shape index (κ2) is 9.35. The molecule has 0 spiro atoms. The van der Waals surface area contributed by atoms with Crippen molar-refractivity contribution in [2.75, 3.05) is 37.7 Å². The van der Waals surface area contributed by atoms with Crippen LogP contribution in [-0.2, 0) is 4.79 Å². The van der Waals surface area contributed by atoms with E-state index in [1.54, 1.807) is 0 Å². The van der Waals surface area contributed by atoms with E-state index >= 15 is 0 Å². The van der Waals surface area contributed by atoms with E-state index in [-0.39, 0.29) is 12.5 Å². The van der Waals surface area contributed by atoms with Crippen LogP contribution in [0.25, 0.3) is 0 Å². The molecule has 4 rings (SSSR count). The summed E-state index contributed by atoms with van der Waals surface area (Å²) < 4.78 is 11.5. The summed E-state index contributed by atoms with van der Waals surface area (Å²) in [5, 5.41) is 0. The number of hydrogen-bond donors (Lipinski definition) is 0. The standard InChI is InChI=1S/C25H26N2O3/c1-20-7-9-23(10-8-20)30-24-13-11-22(12-14-24)29-19-25(28)27-17-15-26(16-18-27)21-5-3-2-4-6-21/h2-14H,15-19H2,1H3. The molecule has 0 saturated carbocycles. The molecule has 30 heavy (non-hydrogen) atoms. The molecule has 1 saturated heterocycles. The number of ether oxygens (including phenoxy) is 2. The van der Waals surface area contributed by atoms with Gasteiger partial charge in [-0.1, -0.05) is 35.9 Å².